The number of carbonyl (C=O) groups is 2. The number of aromatic nitrogens is 2. The fraction of sp³-hybridized carbons (Fsp3) is 0.615. The summed E-state index contributed by atoms with van der Waals surface area (Å²) in [5, 5.41) is 7.28. The lowest BCUT2D eigenvalue weighted by Crippen LogP contribution is -2.63. The summed E-state index contributed by atoms with van der Waals surface area (Å²) in [7, 11) is 0. The first-order valence-electron chi connectivity index (χ1n) is 6.48. The lowest BCUT2D eigenvalue weighted by atomic mass is 10.0. The molecule has 0 bridgehead atoms. The average Bonchev–Trinajstić information content (AvgIpc) is 2.71. The van der Waals surface area contributed by atoms with Crippen molar-refractivity contribution in [2.45, 2.75) is 46.3 Å². The summed E-state index contributed by atoms with van der Waals surface area (Å²) < 4.78 is 1.82. The van der Waals surface area contributed by atoms with Crippen molar-refractivity contribution in [1.82, 2.24) is 20.0 Å². The largest absolute Gasteiger partial charge is 0.295 e. The Balaban J connectivity index is 2.25. The molecule has 6 heteroatoms. The molecule has 6 nitrogen and oxygen atoms in total. The van der Waals surface area contributed by atoms with E-state index < -0.39 is 5.54 Å². The first-order chi connectivity index (χ1) is 8.85. The molecular weight excluding hydrogens is 244 g/mol. The fourth-order valence-electron chi connectivity index (χ4n) is 2.24. The zero-order valence-electron chi connectivity index (χ0n) is 11.9. The van der Waals surface area contributed by atoms with Gasteiger partial charge in [0, 0.05) is 6.54 Å². The molecule has 2 heterocycles. The zero-order valence-corrected chi connectivity index (χ0v) is 11.9. The van der Waals surface area contributed by atoms with Crippen LogP contribution in [0, 0.1) is 6.92 Å². The van der Waals surface area contributed by atoms with Gasteiger partial charge in [0.05, 0.1) is 30.0 Å². The van der Waals surface area contributed by atoms with Gasteiger partial charge < -0.3 is 0 Å². The molecule has 0 saturated carbocycles. The topological polar surface area (TPSA) is 67.2 Å². The van der Waals surface area contributed by atoms with Gasteiger partial charge in [-0.1, -0.05) is 0 Å². The Hall–Kier alpha value is -1.69. The fourth-order valence-corrected chi connectivity index (χ4v) is 2.24. The molecular formula is C13H20N4O2. The van der Waals surface area contributed by atoms with E-state index in [1.165, 1.54) is 4.90 Å². The van der Waals surface area contributed by atoms with Crippen molar-refractivity contribution in [2.24, 2.45) is 0 Å². The van der Waals surface area contributed by atoms with Crippen LogP contribution < -0.4 is 5.32 Å². The number of imide groups is 1. The second kappa shape index (κ2) is 4.77. The molecule has 104 valence electrons. The van der Waals surface area contributed by atoms with Crippen molar-refractivity contribution in [3.63, 3.8) is 0 Å². The van der Waals surface area contributed by atoms with Gasteiger partial charge in [-0.3, -0.25) is 24.5 Å². The zero-order chi connectivity index (χ0) is 14.2. The molecule has 1 saturated heterocycles. The molecule has 0 aromatic carbocycles. The Morgan fingerprint density at radius 2 is 2.11 bits per heavy atom. The van der Waals surface area contributed by atoms with Gasteiger partial charge in [-0.25, -0.2) is 0 Å². The summed E-state index contributed by atoms with van der Waals surface area (Å²) >= 11 is 0. The van der Waals surface area contributed by atoms with Crippen LogP contribution in [-0.4, -0.2) is 38.6 Å². The molecule has 1 N–H and O–H groups in total. The molecule has 1 aliphatic heterocycles. The number of carbonyl (C=O) groups excluding carboxylic acids is 2. The minimum Gasteiger partial charge on any atom is -0.295 e. The minimum absolute atomic E-state index is 0.189. The molecule has 2 amide bonds. The Labute approximate surface area is 112 Å². The van der Waals surface area contributed by atoms with Crippen LogP contribution in [0.25, 0.3) is 0 Å². The number of rotatable bonds is 3. The highest BCUT2D eigenvalue weighted by molar-refractivity contribution is 6.02. The Morgan fingerprint density at radius 1 is 1.42 bits per heavy atom. The highest BCUT2D eigenvalue weighted by atomic mass is 16.2. The molecule has 1 fully saturated rings. The van der Waals surface area contributed by atoms with Crippen LogP contribution in [0.3, 0.4) is 0 Å². The van der Waals surface area contributed by atoms with E-state index in [1.54, 1.807) is 13.8 Å². The number of nitrogens with zero attached hydrogens (tertiary/aromatic N) is 3. The molecule has 0 unspecified atom stereocenters. The third kappa shape index (κ3) is 2.53. The Morgan fingerprint density at radius 3 is 2.74 bits per heavy atom. The number of piperazine rings is 1. The van der Waals surface area contributed by atoms with E-state index >= 15 is 0 Å². The van der Waals surface area contributed by atoms with Gasteiger partial charge in [0.2, 0.25) is 11.8 Å². The first-order valence-corrected chi connectivity index (χ1v) is 6.48. The maximum absolute atomic E-state index is 12.3. The first kappa shape index (κ1) is 13.7. The van der Waals surface area contributed by atoms with E-state index in [0.29, 0.717) is 0 Å². The molecule has 0 atom stereocenters. The second-order valence-electron chi connectivity index (χ2n) is 5.36. The Bertz CT molecular complexity index is 519. The third-order valence-corrected chi connectivity index (χ3v) is 3.37. The van der Waals surface area contributed by atoms with Crippen LogP contribution >= 0.6 is 0 Å². The molecule has 0 radical (unpaired) electrons. The summed E-state index contributed by atoms with van der Waals surface area (Å²) in [6.45, 7) is 8.67. The predicted octanol–water partition coefficient (Wildman–Crippen LogP) is 0.448. The highest BCUT2D eigenvalue weighted by Gasteiger charge is 2.40. The van der Waals surface area contributed by atoms with Crippen LogP contribution in [0.4, 0.5) is 0 Å². The van der Waals surface area contributed by atoms with Crippen LogP contribution in [-0.2, 0) is 22.7 Å². The number of aryl methyl sites for hydroxylation is 2. The molecule has 19 heavy (non-hydrogen) atoms. The summed E-state index contributed by atoms with van der Waals surface area (Å²) in [5.41, 5.74) is 1.09. The molecule has 2 rings (SSSR count). The predicted molar refractivity (Wildman–Crippen MR) is 70.3 cm³/mol. The van der Waals surface area contributed by atoms with Crippen molar-refractivity contribution < 1.29 is 9.59 Å². The molecule has 1 aromatic heterocycles. The van der Waals surface area contributed by atoms with Crippen LogP contribution in [0.15, 0.2) is 6.07 Å². The number of hydrogen-bond donors (Lipinski definition) is 1. The van der Waals surface area contributed by atoms with Gasteiger partial charge in [-0.2, -0.15) is 5.10 Å². The summed E-state index contributed by atoms with van der Waals surface area (Å²) in [6.07, 6.45) is 0. The van der Waals surface area contributed by atoms with Gasteiger partial charge in [0.1, 0.15) is 0 Å². The molecule has 0 spiro atoms. The van der Waals surface area contributed by atoms with Gasteiger partial charge in [-0.05, 0) is 33.8 Å². The summed E-state index contributed by atoms with van der Waals surface area (Å²) in [4.78, 5) is 25.5. The monoisotopic (exact) mass is 264 g/mol. The Kier molecular flexibility index (Phi) is 3.45. The van der Waals surface area contributed by atoms with E-state index in [9.17, 15) is 9.59 Å². The maximum Gasteiger partial charge on any atom is 0.249 e. The smallest absolute Gasteiger partial charge is 0.249 e. The second-order valence-corrected chi connectivity index (χ2v) is 5.36. The quantitative estimate of drug-likeness (QED) is 0.805. The van der Waals surface area contributed by atoms with Gasteiger partial charge in [0.15, 0.2) is 0 Å². The van der Waals surface area contributed by atoms with Crippen molar-refractivity contribution in [3.05, 3.63) is 17.5 Å². The number of hydrogen-bond acceptors (Lipinski definition) is 4. The van der Waals surface area contributed by atoms with Gasteiger partial charge in [-0.15, -0.1) is 0 Å². The van der Waals surface area contributed by atoms with Crippen LogP contribution in [0.5, 0.6) is 0 Å². The molecule has 1 aliphatic rings. The summed E-state index contributed by atoms with van der Waals surface area (Å²) in [5.74, 6) is -0.379. The van der Waals surface area contributed by atoms with Crippen LogP contribution in [0.1, 0.15) is 32.2 Å². The van der Waals surface area contributed by atoms with Gasteiger partial charge in [0.25, 0.3) is 0 Å². The SMILES string of the molecule is CCn1nc(C)cc1CN1C(=O)CNC(C)(C)C1=O. The third-order valence-electron chi connectivity index (χ3n) is 3.37. The van der Waals surface area contributed by atoms with Crippen molar-refractivity contribution >= 4 is 11.8 Å². The average molecular weight is 264 g/mol. The summed E-state index contributed by atoms with van der Waals surface area (Å²) in [6, 6.07) is 1.92. The van der Waals surface area contributed by atoms with E-state index in [0.717, 1.165) is 17.9 Å². The van der Waals surface area contributed by atoms with Crippen molar-refractivity contribution in [3.8, 4) is 0 Å². The van der Waals surface area contributed by atoms with Crippen molar-refractivity contribution in [2.75, 3.05) is 6.54 Å². The standard InChI is InChI=1S/C13H20N4O2/c1-5-17-10(6-9(2)15-17)8-16-11(18)7-14-13(3,4)12(16)19/h6,14H,5,7-8H2,1-4H3. The van der Waals surface area contributed by atoms with E-state index in [1.807, 2.05) is 24.6 Å². The van der Waals surface area contributed by atoms with E-state index in [-0.39, 0.29) is 24.9 Å². The lowest BCUT2D eigenvalue weighted by molar-refractivity contribution is -0.153. The lowest BCUT2D eigenvalue weighted by Gasteiger charge is -2.36. The minimum atomic E-state index is -0.694. The normalized spacial score (nSPS) is 19.1. The number of amides is 2. The maximum atomic E-state index is 12.3. The van der Waals surface area contributed by atoms with Crippen molar-refractivity contribution in [1.29, 1.82) is 0 Å². The van der Waals surface area contributed by atoms with Crippen LogP contribution in [0.2, 0.25) is 0 Å². The van der Waals surface area contributed by atoms with Gasteiger partial charge >= 0.3 is 0 Å². The molecule has 0 aliphatic carbocycles. The number of nitrogens with one attached hydrogen (secondary N) is 1. The highest BCUT2D eigenvalue weighted by Crippen LogP contribution is 2.17. The van der Waals surface area contributed by atoms with E-state index in [2.05, 4.69) is 10.4 Å². The molecule has 1 aromatic rings. The van der Waals surface area contributed by atoms with E-state index in [4.69, 9.17) is 0 Å².